The molecule has 0 N–H and O–H groups in total. The van der Waals surface area contributed by atoms with Crippen molar-refractivity contribution in [2.45, 2.75) is 44.0 Å². The van der Waals surface area contributed by atoms with Crippen LogP contribution in [-0.4, -0.2) is 32.6 Å². The lowest BCUT2D eigenvalue weighted by molar-refractivity contribution is -0.142. The summed E-state index contributed by atoms with van der Waals surface area (Å²) in [5, 5.41) is 8.95. The van der Waals surface area contributed by atoms with E-state index in [9.17, 15) is 4.79 Å². The number of hydrogen-bond acceptors (Lipinski definition) is 6. The molecule has 142 valence electrons. The predicted octanol–water partition coefficient (Wildman–Crippen LogP) is 4.66. The molecule has 3 aromatic rings. The summed E-state index contributed by atoms with van der Waals surface area (Å²) in [5.41, 5.74) is 1.79. The first-order valence-electron chi connectivity index (χ1n) is 9.00. The van der Waals surface area contributed by atoms with Crippen molar-refractivity contribution in [2.24, 2.45) is 0 Å². The van der Waals surface area contributed by atoms with Crippen LogP contribution < -0.4 is 0 Å². The van der Waals surface area contributed by atoms with Crippen molar-refractivity contribution in [3.05, 3.63) is 48.4 Å². The van der Waals surface area contributed by atoms with Gasteiger partial charge in [-0.25, -0.2) is 0 Å². The molecule has 2 aromatic heterocycles. The summed E-state index contributed by atoms with van der Waals surface area (Å²) in [4.78, 5) is 12.2. The van der Waals surface area contributed by atoms with E-state index >= 15 is 0 Å². The summed E-state index contributed by atoms with van der Waals surface area (Å²) in [6, 6.07) is 11.7. The van der Waals surface area contributed by atoms with E-state index in [4.69, 9.17) is 9.15 Å². The second-order valence-electron chi connectivity index (χ2n) is 6.15. The number of carbonyl (C=O) groups is 1. The minimum absolute atomic E-state index is 0.239. The maximum absolute atomic E-state index is 12.2. The normalized spacial score (nSPS) is 12.1. The van der Waals surface area contributed by atoms with Crippen molar-refractivity contribution in [2.75, 3.05) is 6.61 Å². The van der Waals surface area contributed by atoms with Crippen molar-refractivity contribution in [3.63, 3.8) is 0 Å². The highest BCUT2D eigenvalue weighted by Crippen LogP contribution is 2.32. The van der Waals surface area contributed by atoms with Crippen molar-refractivity contribution in [1.82, 2.24) is 14.8 Å². The molecule has 7 heteroatoms. The number of aryl methyl sites for hydroxylation is 1. The van der Waals surface area contributed by atoms with E-state index in [0.717, 1.165) is 29.9 Å². The van der Waals surface area contributed by atoms with E-state index in [-0.39, 0.29) is 11.2 Å². The van der Waals surface area contributed by atoms with Gasteiger partial charge in [0, 0.05) is 5.69 Å². The molecule has 1 unspecified atom stereocenters. The average molecular weight is 385 g/mol. The van der Waals surface area contributed by atoms with Crippen LogP contribution in [0.4, 0.5) is 0 Å². The topological polar surface area (TPSA) is 70.2 Å². The maximum Gasteiger partial charge on any atom is 0.319 e. The van der Waals surface area contributed by atoms with Gasteiger partial charge in [-0.2, -0.15) is 0 Å². The summed E-state index contributed by atoms with van der Waals surface area (Å²) in [6.07, 6.45) is 3.49. The van der Waals surface area contributed by atoms with E-state index in [1.54, 1.807) is 6.26 Å². The largest absolute Gasteiger partial charge is 0.469 e. The highest BCUT2D eigenvalue weighted by Gasteiger charge is 2.23. The van der Waals surface area contributed by atoms with Crippen LogP contribution in [-0.2, 0) is 9.53 Å². The Hall–Kier alpha value is -2.54. The average Bonchev–Trinajstić information content (AvgIpc) is 3.28. The van der Waals surface area contributed by atoms with Crippen LogP contribution in [0, 0.1) is 6.92 Å². The lowest BCUT2D eigenvalue weighted by Crippen LogP contribution is -2.18. The number of hydrogen-bond donors (Lipinski definition) is 0. The van der Waals surface area contributed by atoms with Gasteiger partial charge in [-0.05, 0) is 38.5 Å². The van der Waals surface area contributed by atoms with Crippen LogP contribution in [0.15, 0.2) is 52.2 Å². The van der Waals surface area contributed by atoms with Gasteiger partial charge >= 0.3 is 5.97 Å². The summed E-state index contributed by atoms with van der Waals surface area (Å²) >= 11 is 1.34. The van der Waals surface area contributed by atoms with E-state index in [1.807, 2.05) is 54.8 Å². The first-order valence-corrected chi connectivity index (χ1v) is 9.88. The van der Waals surface area contributed by atoms with Gasteiger partial charge in [-0.3, -0.25) is 9.36 Å². The summed E-state index contributed by atoms with van der Waals surface area (Å²) in [7, 11) is 0. The SMILES string of the molecule is CCCCOC(=O)C(C)Sc1nnc(-c2ccoc2C)n1-c1ccccc1. The zero-order valence-electron chi connectivity index (χ0n) is 15.7. The highest BCUT2D eigenvalue weighted by molar-refractivity contribution is 8.00. The lowest BCUT2D eigenvalue weighted by Gasteiger charge is -2.13. The first-order chi connectivity index (χ1) is 13.1. The van der Waals surface area contributed by atoms with E-state index < -0.39 is 0 Å². The molecule has 0 aliphatic heterocycles. The van der Waals surface area contributed by atoms with E-state index in [0.29, 0.717) is 17.6 Å². The maximum atomic E-state index is 12.2. The minimum Gasteiger partial charge on any atom is -0.469 e. The molecule has 1 atom stereocenters. The van der Waals surface area contributed by atoms with Gasteiger partial charge in [0.25, 0.3) is 0 Å². The molecule has 0 aliphatic carbocycles. The zero-order valence-corrected chi connectivity index (χ0v) is 16.5. The number of aromatic nitrogens is 3. The molecule has 0 saturated heterocycles. The smallest absolute Gasteiger partial charge is 0.319 e. The minimum atomic E-state index is -0.383. The fraction of sp³-hybridized carbons (Fsp3) is 0.350. The van der Waals surface area contributed by atoms with Gasteiger partial charge in [0.05, 0.1) is 18.4 Å². The molecular weight excluding hydrogens is 362 g/mol. The summed E-state index contributed by atoms with van der Waals surface area (Å²) in [5.74, 6) is 1.21. The van der Waals surface area contributed by atoms with Crippen LogP contribution in [0.25, 0.3) is 17.1 Å². The van der Waals surface area contributed by atoms with E-state index in [1.165, 1.54) is 11.8 Å². The Kier molecular flexibility index (Phi) is 6.34. The Labute approximate surface area is 162 Å². The Morgan fingerprint density at radius 3 is 2.70 bits per heavy atom. The molecule has 27 heavy (non-hydrogen) atoms. The predicted molar refractivity (Wildman–Crippen MR) is 105 cm³/mol. The number of carbonyl (C=O) groups excluding carboxylic acids is 1. The third kappa shape index (κ3) is 4.42. The van der Waals surface area contributed by atoms with Crippen molar-refractivity contribution in [1.29, 1.82) is 0 Å². The molecule has 2 heterocycles. The van der Waals surface area contributed by atoms with Gasteiger partial charge < -0.3 is 9.15 Å². The van der Waals surface area contributed by atoms with Gasteiger partial charge in [0.2, 0.25) is 0 Å². The number of nitrogens with zero attached hydrogens (tertiary/aromatic N) is 3. The van der Waals surface area contributed by atoms with Gasteiger partial charge in [0.15, 0.2) is 11.0 Å². The Bertz CT molecular complexity index is 889. The van der Waals surface area contributed by atoms with Crippen LogP contribution in [0.5, 0.6) is 0 Å². The standard InChI is InChI=1S/C20H23N3O3S/c1-4-5-12-26-19(24)15(3)27-20-22-21-18(17-11-13-25-14(17)2)23(20)16-9-7-6-8-10-16/h6-11,13,15H,4-5,12H2,1-3H3. The zero-order chi connectivity index (χ0) is 19.2. The third-order valence-corrected chi connectivity index (χ3v) is 5.12. The number of para-hydroxylation sites is 1. The second-order valence-corrected chi connectivity index (χ2v) is 7.46. The van der Waals surface area contributed by atoms with Crippen molar-refractivity contribution < 1.29 is 13.9 Å². The molecule has 0 aliphatic rings. The third-order valence-electron chi connectivity index (χ3n) is 4.10. The number of rotatable bonds is 8. The summed E-state index contributed by atoms with van der Waals surface area (Å²) in [6.45, 7) is 6.23. The molecule has 1 aromatic carbocycles. The number of furan rings is 1. The van der Waals surface area contributed by atoms with Crippen LogP contribution in [0.1, 0.15) is 32.4 Å². The van der Waals surface area contributed by atoms with Gasteiger partial charge in [-0.1, -0.05) is 43.3 Å². The Balaban J connectivity index is 1.91. The number of thioether (sulfide) groups is 1. The van der Waals surface area contributed by atoms with Crippen LogP contribution >= 0.6 is 11.8 Å². The van der Waals surface area contributed by atoms with Gasteiger partial charge in [0.1, 0.15) is 11.0 Å². The quantitative estimate of drug-likeness (QED) is 0.319. The molecule has 0 saturated carbocycles. The Morgan fingerprint density at radius 2 is 2.04 bits per heavy atom. The molecular formula is C20H23N3O3S. The first kappa shape index (κ1) is 19.2. The fourth-order valence-corrected chi connectivity index (χ4v) is 3.45. The monoisotopic (exact) mass is 385 g/mol. The number of ether oxygens (including phenoxy) is 1. The number of esters is 1. The van der Waals surface area contributed by atoms with E-state index in [2.05, 4.69) is 17.1 Å². The highest BCUT2D eigenvalue weighted by atomic mass is 32.2. The molecule has 6 nitrogen and oxygen atoms in total. The second kappa shape index (κ2) is 8.90. The lowest BCUT2D eigenvalue weighted by atomic mass is 10.2. The van der Waals surface area contributed by atoms with Crippen molar-refractivity contribution in [3.8, 4) is 17.1 Å². The fourth-order valence-electron chi connectivity index (χ4n) is 2.59. The molecule has 0 bridgehead atoms. The van der Waals surface area contributed by atoms with Gasteiger partial charge in [-0.15, -0.1) is 10.2 Å². The molecule has 3 rings (SSSR count). The molecule has 0 fully saturated rings. The summed E-state index contributed by atoms with van der Waals surface area (Å²) < 4.78 is 12.7. The molecule has 0 amide bonds. The Morgan fingerprint density at radius 1 is 1.26 bits per heavy atom. The molecule has 0 spiro atoms. The van der Waals surface area contributed by atoms with Crippen LogP contribution in [0.2, 0.25) is 0 Å². The van der Waals surface area contributed by atoms with Crippen molar-refractivity contribution >= 4 is 17.7 Å². The number of unbranched alkanes of at least 4 members (excludes halogenated alkanes) is 1. The molecule has 0 radical (unpaired) electrons. The van der Waals surface area contributed by atoms with Crippen LogP contribution in [0.3, 0.4) is 0 Å². The number of benzene rings is 1.